The van der Waals surface area contributed by atoms with Gasteiger partial charge in [0.25, 0.3) is 0 Å². The predicted molar refractivity (Wildman–Crippen MR) is 128 cm³/mol. The van der Waals surface area contributed by atoms with E-state index in [0.717, 1.165) is 17.5 Å². The Balaban J connectivity index is 1.09. The predicted octanol–water partition coefficient (Wildman–Crippen LogP) is 3.59. The number of hydrogen-bond acceptors (Lipinski definition) is 5. The molecule has 1 heterocycles. The van der Waals surface area contributed by atoms with Gasteiger partial charge in [-0.25, -0.2) is 4.79 Å². The van der Waals surface area contributed by atoms with Gasteiger partial charge in [0, 0.05) is 12.5 Å². The second-order valence-corrected chi connectivity index (χ2v) is 9.72. The number of carbonyl (C=O) groups is 3. The number of carboxylic acids is 1. The van der Waals surface area contributed by atoms with Gasteiger partial charge in [-0.2, -0.15) is 0 Å². The lowest BCUT2D eigenvalue weighted by Gasteiger charge is -2.42. The van der Waals surface area contributed by atoms with E-state index in [4.69, 9.17) is 14.6 Å². The smallest absolute Gasteiger partial charge is 0.407 e. The lowest BCUT2D eigenvalue weighted by Crippen LogP contribution is -2.57. The first-order chi connectivity index (χ1) is 16.9. The minimum atomic E-state index is -0.914. The van der Waals surface area contributed by atoms with Gasteiger partial charge in [0.15, 0.2) is 0 Å². The number of fused-ring (bicyclic) bond motifs is 3. The Bertz CT molecular complexity index is 1080. The van der Waals surface area contributed by atoms with Crippen molar-refractivity contribution in [3.05, 3.63) is 59.7 Å². The molecule has 35 heavy (non-hydrogen) atoms. The Morgan fingerprint density at radius 3 is 2.26 bits per heavy atom. The van der Waals surface area contributed by atoms with E-state index in [1.54, 1.807) is 0 Å². The summed E-state index contributed by atoms with van der Waals surface area (Å²) in [5.41, 5.74) is 4.01. The van der Waals surface area contributed by atoms with E-state index in [9.17, 15) is 14.4 Å². The van der Waals surface area contributed by atoms with Gasteiger partial charge in [0.05, 0.1) is 18.1 Å². The number of nitrogens with one attached hydrogen (secondary N) is 2. The van der Waals surface area contributed by atoms with Crippen molar-refractivity contribution in [2.75, 3.05) is 13.2 Å². The van der Waals surface area contributed by atoms with Crippen LogP contribution >= 0.6 is 0 Å². The summed E-state index contributed by atoms with van der Waals surface area (Å²) in [4.78, 5) is 36.2. The molecule has 0 spiro atoms. The van der Waals surface area contributed by atoms with Crippen LogP contribution in [0.5, 0.6) is 0 Å². The molecular formula is C27H30N2O6. The topological polar surface area (TPSA) is 114 Å². The SMILES string of the molecule is O=C(O)CC1(NC(=O)C2CCC(CNC(=O)OCC3c4ccccc4-c4ccccc43)O2)CCC1. The molecule has 8 nitrogen and oxygen atoms in total. The molecule has 0 bridgehead atoms. The summed E-state index contributed by atoms with van der Waals surface area (Å²) in [6.07, 6.45) is 1.91. The van der Waals surface area contributed by atoms with Crippen molar-refractivity contribution in [1.82, 2.24) is 10.6 Å². The van der Waals surface area contributed by atoms with Crippen molar-refractivity contribution >= 4 is 18.0 Å². The summed E-state index contributed by atoms with van der Waals surface area (Å²) in [6, 6.07) is 16.3. The number of alkyl carbamates (subject to hydrolysis) is 1. The Morgan fingerprint density at radius 1 is 1.00 bits per heavy atom. The third-order valence-corrected chi connectivity index (χ3v) is 7.41. The molecule has 2 amide bonds. The largest absolute Gasteiger partial charge is 0.481 e. The molecule has 2 unspecified atom stereocenters. The molecule has 3 aliphatic rings. The highest BCUT2D eigenvalue weighted by atomic mass is 16.5. The van der Waals surface area contributed by atoms with Gasteiger partial charge < -0.3 is 25.2 Å². The summed E-state index contributed by atoms with van der Waals surface area (Å²) in [5, 5.41) is 14.8. The first kappa shape index (κ1) is 23.4. The van der Waals surface area contributed by atoms with Gasteiger partial charge >= 0.3 is 12.1 Å². The molecule has 2 fully saturated rings. The van der Waals surface area contributed by atoms with Crippen molar-refractivity contribution in [2.24, 2.45) is 0 Å². The van der Waals surface area contributed by atoms with Gasteiger partial charge in [-0.1, -0.05) is 48.5 Å². The summed E-state index contributed by atoms with van der Waals surface area (Å²) in [6.45, 7) is 0.489. The number of carboxylic acid groups (broad SMARTS) is 1. The number of rotatable bonds is 8. The summed E-state index contributed by atoms with van der Waals surface area (Å²) < 4.78 is 11.4. The van der Waals surface area contributed by atoms with Crippen molar-refractivity contribution in [3.63, 3.8) is 0 Å². The average molecular weight is 479 g/mol. The third kappa shape index (κ3) is 4.89. The lowest BCUT2D eigenvalue weighted by molar-refractivity contribution is -0.142. The molecule has 2 aromatic rings. The molecule has 0 aromatic heterocycles. The third-order valence-electron chi connectivity index (χ3n) is 7.41. The minimum absolute atomic E-state index is 0.00594. The Kier molecular flexibility index (Phi) is 6.47. The molecule has 2 aliphatic carbocycles. The summed E-state index contributed by atoms with van der Waals surface area (Å²) in [7, 11) is 0. The summed E-state index contributed by atoms with van der Waals surface area (Å²) >= 11 is 0. The maximum atomic E-state index is 12.6. The van der Waals surface area contributed by atoms with E-state index in [1.807, 2.05) is 24.3 Å². The van der Waals surface area contributed by atoms with Crippen molar-refractivity contribution in [3.8, 4) is 11.1 Å². The van der Waals surface area contributed by atoms with E-state index in [2.05, 4.69) is 34.9 Å². The van der Waals surface area contributed by atoms with Crippen LogP contribution in [0.25, 0.3) is 11.1 Å². The number of ether oxygens (including phenoxy) is 2. The molecule has 3 N–H and O–H groups in total. The van der Waals surface area contributed by atoms with Gasteiger partial charge in [-0.3, -0.25) is 9.59 Å². The Labute approximate surface area is 204 Å². The number of carbonyl (C=O) groups excluding carboxylic acids is 2. The molecule has 184 valence electrons. The highest BCUT2D eigenvalue weighted by Gasteiger charge is 2.43. The fraction of sp³-hybridized carbons (Fsp3) is 0.444. The van der Waals surface area contributed by atoms with Crippen LogP contribution in [0.1, 0.15) is 55.6 Å². The maximum Gasteiger partial charge on any atom is 0.407 e. The van der Waals surface area contributed by atoms with Crippen LogP contribution in [0.2, 0.25) is 0 Å². The van der Waals surface area contributed by atoms with Gasteiger partial charge in [0.1, 0.15) is 12.7 Å². The molecule has 1 saturated carbocycles. The number of aliphatic carboxylic acids is 1. The molecule has 8 heteroatoms. The van der Waals surface area contributed by atoms with E-state index in [0.29, 0.717) is 25.7 Å². The van der Waals surface area contributed by atoms with Crippen LogP contribution < -0.4 is 10.6 Å². The van der Waals surface area contributed by atoms with Crippen LogP contribution in [-0.2, 0) is 19.1 Å². The first-order valence-electron chi connectivity index (χ1n) is 12.2. The minimum Gasteiger partial charge on any atom is -0.481 e. The first-order valence-corrected chi connectivity index (χ1v) is 12.2. The number of amides is 2. The van der Waals surface area contributed by atoms with Crippen molar-refractivity contribution in [1.29, 1.82) is 0 Å². The van der Waals surface area contributed by atoms with E-state index >= 15 is 0 Å². The van der Waals surface area contributed by atoms with Gasteiger partial charge in [0.2, 0.25) is 5.91 Å². The monoisotopic (exact) mass is 478 g/mol. The molecule has 2 aromatic carbocycles. The zero-order valence-corrected chi connectivity index (χ0v) is 19.5. The van der Waals surface area contributed by atoms with Crippen LogP contribution in [0, 0.1) is 0 Å². The number of hydrogen-bond donors (Lipinski definition) is 3. The lowest BCUT2D eigenvalue weighted by atomic mass is 9.74. The van der Waals surface area contributed by atoms with Crippen molar-refractivity contribution in [2.45, 2.75) is 62.2 Å². The van der Waals surface area contributed by atoms with Gasteiger partial charge in [-0.15, -0.1) is 0 Å². The van der Waals surface area contributed by atoms with Crippen LogP contribution in [0.3, 0.4) is 0 Å². The normalized spacial score (nSPS) is 21.9. The average Bonchev–Trinajstić information content (AvgIpc) is 3.43. The fourth-order valence-electron chi connectivity index (χ4n) is 5.48. The molecular weight excluding hydrogens is 448 g/mol. The quantitative estimate of drug-likeness (QED) is 0.534. The standard InChI is InChI=1S/C27H30N2O6/c30-24(31)14-27(12-5-13-27)29-25(32)23-11-10-17(35-23)15-28-26(33)34-16-22-20-8-3-1-6-18(20)19-7-2-4-9-21(19)22/h1-4,6-9,17,22-23H,5,10-16H2,(H,28,33)(H,29,32)(H,30,31). The molecule has 2 atom stereocenters. The fourth-order valence-corrected chi connectivity index (χ4v) is 5.48. The zero-order valence-electron chi connectivity index (χ0n) is 19.5. The van der Waals surface area contributed by atoms with Crippen LogP contribution in [-0.4, -0.2) is 54.0 Å². The van der Waals surface area contributed by atoms with Crippen molar-refractivity contribution < 1.29 is 29.0 Å². The number of benzene rings is 2. The second-order valence-electron chi connectivity index (χ2n) is 9.72. The Morgan fingerprint density at radius 2 is 1.66 bits per heavy atom. The maximum absolute atomic E-state index is 12.6. The zero-order chi connectivity index (χ0) is 24.4. The van der Waals surface area contributed by atoms with Gasteiger partial charge in [-0.05, 0) is 54.4 Å². The molecule has 5 rings (SSSR count). The van der Waals surface area contributed by atoms with E-state index in [1.165, 1.54) is 11.1 Å². The Hall–Kier alpha value is -3.39. The highest BCUT2D eigenvalue weighted by molar-refractivity contribution is 5.83. The van der Waals surface area contributed by atoms with Crippen LogP contribution in [0.4, 0.5) is 4.79 Å². The molecule has 0 radical (unpaired) electrons. The molecule has 1 aliphatic heterocycles. The van der Waals surface area contributed by atoms with E-state index < -0.39 is 23.7 Å². The van der Waals surface area contributed by atoms with Crippen LogP contribution in [0.15, 0.2) is 48.5 Å². The highest BCUT2D eigenvalue weighted by Crippen LogP contribution is 2.44. The second kappa shape index (κ2) is 9.70. The molecule has 1 saturated heterocycles. The van der Waals surface area contributed by atoms with E-state index in [-0.39, 0.29) is 37.5 Å². The summed E-state index contributed by atoms with van der Waals surface area (Å²) in [5.74, 6) is -1.19.